The molecule has 7 nitrogen and oxygen atoms in total. The number of aliphatic carboxylic acids is 1. The number of thiophene rings is 1. The number of carboxylic acids is 1. The van der Waals surface area contributed by atoms with Gasteiger partial charge >= 0.3 is 12.0 Å². The van der Waals surface area contributed by atoms with E-state index in [1.165, 1.54) is 0 Å². The predicted molar refractivity (Wildman–Crippen MR) is 79.0 cm³/mol. The summed E-state index contributed by atoms with van der Waals surface area (Å²) < 4.78 is 0. The summed E-state index contributed by atoms with van der Waals surface area (Å²) in [5.74, 6) is -1.81. The van der Waals surface area contributed by atoms with Crippen LogP contribution in [0, 0.1) is 6.92 Å². The fourth-order valence-corrected chi connectivity index (χ4v) is 2.58. The summed E-state index contributed by atoms with van der Waals surface area (Å²) in [6.07, 6.45) is -0.137. The number of carboxylic acid groups (broad SMARTS) is 1. The first-order chi connectivity index (χ1) is 9.79. The van der Waals surface area contributed by atoms with Gasteiger partial charge in [-0.15, -0.1) is 11.3 Å². The molecule has 0 radical (unpaired) electrons. The Kier molecular flexibility index (Phi) is 6.16. The molecular weight excluding hydrogens is 294 g/mol. The molecule has 0 aliphatic rings. The summed E-state index contributed by atoms with van der Waals surface area (Å²) in [4.78, 5) is 35.6. The van der Waals surface area contributed by atoms with Gasteiger partial charge < -0.3 is 21.5 Å². The lowest BCUT2D eigenvalue weighted by atomic mass is 10.1. The normalized spacial score (nSPS) is 13.2. The number of carbonyl (C=O) groups is 3. The van der Waals surface area contributed by atoms with Crippen LogP contribution in [0.5, 0.6) is 0 Å². The lowest BCUT2D eigenvalue weighted by Gasteiger charge is -2.17. The van der Waals surface area contributed by atoms with E-state index in [-0.39, 0.29) is 18.9 Å². The molecule has 116 valence electrons. The average molecular weight is 313 g/mol. The summed E-state index contributed by atoms with van der Waals surface area (Å²) >= 11 is 1.56. The molecule has 2 atom stereocenters. The molecule has 2 unspecified atom stereocenters. The van der Waals surface area contributed by atoms with Crippen molar-refractivity contribution in [1.82, 2.24) is 10.6 Å². The van der Waals surface area contributed by atoms with Crippen LogP contribution in [0.15, 0.2) is 12.1 Å². The Hall–Kier alpha value is -2.09. The second-order valence-electron chi connectivity index (χ2n) is 4.68. The van der Waals surface area contributed by atoms with Crippen LogP contribution in [0.3, 0.4) is 0 Å². The number of nitrogens with two attached hydrogens (primary N) is 1. The van der Waals surface area contributed by atoms with Crippen LogP contribution in [0.4, 0.5) is 4.79 Å². The first-order valence-electron chi connectivity index (χ1n) is 6.44. The van der Waals surface area contributed by atoms with E-state index < -0.39 is 23.9 Å². The second kappa shape index (κ2) is 7.63. The fraction of sp³-hybridized carbons (Fsp3) is 0.462. The summed E-state index contributed by atoms with van der Waals surface area (Å²) in [5.41, 5.74) is 4.97. The Morgan fingerprint density at radius 1 is 1.33 bits per heavy atom. The Balaban J connectivity index is 2.53. The minimum absolute atomic E-state index is 0.0371. The second-order valence-corrected chi connectivity index (χ2v) is 6.00. The van der Waals surface area contributed by atoms with Crippen molar-refractivity contribution in [3.63, 3.8) is 0 Å². The van der Waals surface area contributed by atoms with Crippen LogP contribution < -0.4 is 16.4 Å². The Morgan fingerprint density at radius 3 is 2.48 bits per heavy atom. The summed E-state index contributed by atoms with van der Waals surface area (Å²) in [6.45, 7) is 3.77. The maximum atomic E-state index is 11.8. The molecular formula is C13H19N3O4S. The third-order valence-corrected chi connectivity index (χ3v) is 4.00. The third-order valence-electron chi connectivity index (χ3n) is 2.82. The standard InChI is InChI=1S/C13H19N3O4S/c1-7-3-5-10(21-7)8(2)15-13(20)16-9(12(18)19)4-6-11(14)17/h3,5,8-9H,4,6H2,1-2H3,(H2,14,17)(H,18,19)(H2,15,16,20). The van der Waals surface area contributed by atoms with E-state index in [2.05, 4.69) is 10.6 Å². The fourth-order valence-electron chi connectivity index (χ4n) is 1.70. The number of primary amides is 1. The summed E-state index contributed by atoms with van der Waals surface area (Å²) in [7, 11) is 0. The third kappa shape index (κ3) is 5.82. The van der Waals surface area contributed by atoms with Crippen molar-refractivity contribution in [2.24, 2.45) is 5.73 Å². The molecule has 1 aromatic heterocycles. The van der Waals surface area contributed by atoms with Crippen molar-refractivity contribution in [2.75, 3.05) is 0 Å². The number of amides is 3. The van der Waals surface area contributed by atoms with E-state index in [1.807, 2.05) is 26.0 Å². The van der Waals surface area contributed by atoms with Gasteiger partial charge in [0.2, 0.25) is 5.91 Å². The van der Waals surface area contributed by atoms with Crippen molar-refractivity contribution < 1.29 is 19.5 Å². The highest BCUT2D eigenvalue weighted by Gasteiger charge is 2.21. The molecule has 21 heavy (non-hydrogen) atoms. The van der Waals surface area contributed by atoms with E-state index in [9.17, 15) is 14.4 Å². The van der Waals surface area contributed by atoms with Crippen LogP contribution in [0.2, 0.25) is 0 Å². The highest BCUT2D eigenvalue weighted by Crippen LogP contribution is 2.22. The minimum Gasteiger partial charge on any atom is -0.480 e. The first kappa shape index (κ1) is 17.0. The van der Waals surface area contributed by atoms with Crippen LogP contribution in [0.25, 0.3) is 0 Å². The molecule has 0 fully saturated rings. The topological polar surface area (TPSA) is 122 Å². The zero-order valence-electron chi connectivity index (χ0n) is 11.9. The average Bonchev–Trinajstić information content (AvgIpc) is 2.80. The summed E-state index contributed by atoms with van der Waals surface area (Å²) in [5, 5.41) is 14.0. The lowest BCUT2D eigenvalue weighted by Crippen LogP contribution is -2.46. The van der Waals surface area contributed by atoms with Crippen LogP contribution in [-0.2, 0) is 9.59 Å². The van der Waals surface area contributed by atoms with Gasteiger partial charge in [-0.25, -0.2) is 9.59 Å². The lowest BCUT2D eigenvalue weighted by molar-refractivity contribution is -0.139. The van der Waals surface area contributed by atoms with Gasteiger partial charge in [0.05, 0.1) is 6.04 Å². The monoisotopic (exact) mass is 313 g/mol. The van der Waals surface area contributed by atoms with E-state index in [1.54, 1.807) is 11.3 Å². The molecule has 0 aliphatic heterocycles. The molecule has 0 saturated heterocycles. The van der Waals surface area contributed by atoms with Gasteiger partial charge in [0.1, 0.15) is 6.04 Å². The van der Waals surface area contributed by atoms with Crippen LogP contribution in [-0.4, -0.2) is 29.1 Å². The number of hydrogen-bond donors (Lipinski definition) is 4. The van der Waals surface area contributed by atoms with E-state index in [0.717, 1.165) is 9.75 Å². The largest absolute Gasteiger partial charge is 0.480 e. The molecule has 0 aliphatic carbocycles. The molecule has 0 bridgehead atoms. The van der Waals surface area contributed by atoms with E-state index in [0.29, 0.717) is 0 Å². The van der Waals surface area contributed by atoms with Gasteiger partial charge in [-0.05, 0) is 32.4 Å². The molecule has 8 heteroatoms. The van der Waals surface area contributed by atoms with E-state index in [4.69, 9.17) is 10.8 Å². The molecule has 1 heterocycles. The highest BCUT2D eigenvalue weighted by atomic mass is 32.1. The van der Waals surface area contributed by atoms with Gasteiger partial charge in [-0.2, -0.15) is 0 Å². The molecule has 5 N–H and O–H groups in total. The van der Waals surface area contributed by atoms with Crippen molar-refractivity contribution in [2.45, 2.75) is 38.8 Å². The van der Waals surface area contributed by atoms with Crippen molar-refractivity contribution >= 4 is 29.2 Å². The molecule has 1 rings (SSSR count). The highest BCUT2D eigenvalue weighted by molar-refractivity contribution is 7.12. The number of urea groups is 1. The number of aryl methyl sites for hydroxylation is 1. The quantitative estimate of drug-likeness (QED) is 0.603. The minimum atomic E-state index is -1.20. The Labute approximate surface area is 126 Å². The smallest absolute Gasteiger partial charge is 0.326 e. The maximum Gasteiger partial charge on any atom is 0.326 e. The zero-order valence-corrected chi connectivity index (χ0v) is 12.7. The first-order valence-corrected chi connectivity index (χ1v) is 7.25. The molecule has 0 saturated carbocycles. The number of rotatable bonds is 7. The van der Waals surface area contributed by atoms with Crippen molar-refractivity contribution in [3.8, 4) is 0 Å². The van der Waals surface area contributed by atoms with Crippen LogP contribution in [0.1, 0.15) is 35.6 Å². The van der Waals surface area contributed by atoms with Gasteiger partial charge in [-0.3, -0.25) is 4.79 Å². The van der Waals surface area contributed by atoms with E-state index >= 15 is 0 Å². The SMILES string of the molecule is Cc1ccc(C(C)NC(=O)NC(CCC(N)=O)C(=O)O)s1. The number of nitrogens with one attached hydrogen (secondary N) is 2. The number of carbonyl (C=O) groups excluding carboxylic acids is 2. The molecule has 0 aromatic carbocycles. The maximum absolute atomic E-state index is 11.8. The number of hydrogen-bond acceptors (Lipinski definition) is 4. The molecule has 0 spiro atoms. The summed E-state index contributed by atoms with van der Waals surface area (Å²) in [6, 6.07) is 1.89. The van der Waals surface area contributed by atoms with Crippen molar-refractivity contribution in [3.05, 3.63) is 21.9 Å². The Morgan fingerprint density at radius 2 is 2.00 bits per heavy atom. The molecule has 3 amide bonds. The van der Waals surface area contributed by atoms with Gasteiger partial charge in [0, 0.05) is 16.2 Å². The Bertz CT molecular complexity index is 529. The van der Waals surface area contributed by atoms with Gasteiger partial charge in [-0.1, -0.05) is 0 Å². The zero-order chi connectivity index (χ0) is 16.0. The van der Waals surface area contributed by atoms with Crippen molar-refractivity contribution in [1.29, 1.82) is 0 Å². The predicted octanol–water partition coefficient (Wildman–Crippen LogP) is 1.14. The van der Waals surface area contributed by atoms with Gasteiger partial charge in [0.15, 0.2) is 0 Å². The molecule has 1 aromatic rings. The van der Waals surface area contributed by atoms with Gasteiger partial charge in [0.25, 0.3) is 0 Å². The van der Waals surface area contributed by atoms with Crippen LogP contribution >= 0.6 is 11.3 Å².